The van der Waals surface area contributed by atoms with Gasteiger partial charge in [-0.05, 0) is 26.2 Å². The molecule has 12 heavy (non-hydrogen) atoms. The van der Waals surface area contributed by atoms with Gasteiger partial charge in [-0.1, -0.05) is 6.08 Å². The Morgan fingerprint density at radius 2 is 2.33 bits per heavy atom. The van der Waals surface area contributed by atoms with Crippen LogP contribution in [-0.4, -0.2) is 19.2 Å². The van der Waals surface area contributed by atoms with Crippen molar-refractivity contribution in [2.45, 2.75) is 26.2 Å². The van der Waals surface area contributed by atoms with Crippen molar-refractivity contribution in [3.63, 3.8) is 0 Å². The highest BCUT2D eigenvalue weighted by atomic mass is 16.5. The molecule has 70 valence electrons. The van der Waals surface area contributed by atoms with Gasteiger partial charge in [0.05, 0.1) is 6.61 Å². The van der Waals surface area contributed by atoms with E-state index in [9.17, 15) is 4.79 Å². The van der Waals surface area contributed by atoms with Gasteiger partial charge in [0.15, 0.2) is 0 Å². The first-order valence-electron chi connectivity index (χ1n) is 4.32. The third-order valence-electron chi connectivity index (χ3n) is 1.38. The van der Waals surface area contributed by atoms with E-state index >= 15 is 0 Å². The molecule has 0 spiro atoms. The fourth-order valence-corrected chi connectivity index (χ4v) is 0.786. The van der Waals surface area contributed by atoms with E-state index in [0.717, 1.165) is 19.3 Å². The minimum atomic E-state index is -0.323. The van der Waals surface area contributed by atoms with Gasteiger partial charge in [-0.25, -0.2) is 4.79 Å². The first-order valence-corrected chi connectivity index (χ1v) is 4.32. The molecule has 0 heterocycles. The van der Waals surface area contributed by atoms with Gasteiger partial charge in [-0.15, -0.1) is 6.58 Å². The summed E-state index contributed by atoms with van der Waals surface area (Å²) < 4.78 is 4.68. The summed E-state index contributed by atoms with van der Waals surface area (Å²) in [5, 5.41) is 2.65. The van der Waals surface area contributed by atoms with Gasteiger partial charge in [-0.2, -0.15) is 0 Å². The molecule has 0 aliphatic rings. The maximum atomic E-state index is 10.7. The summed E-state index contributed by atoms with van der Waals surface area (Å²) in [7, 11) is 0. The number of hydrogen-bond donors (Lipinski definition) is 1. The predicted molar refractivity (Wildman–Crippen MR) is 49.1 cm³/mol. The molecule has 0 aliphatic carbocycles. The molecule has 0 aromatic rings. The Morgan fingerprint density at radius 3 is 2.92 bits per heavy atom. The van der Waals surface area contributed by atoms with Crippen molar-refractivity contribution >= 4 is 6.09 Å². The number of alkyl carbamates (subject to hydrolysis) is 1. The zero-order chi connectivity index (χ0) is 9.23. The first-order chi connectivity index (χ1) is 5.81. The molecule has 0 aliphatic heterocycles. The molecule has 1 N–H and O–H groups in total. The Bertz CT molecular complexity index is 134. The lowest BCUT2D eigenvalue weighted by molar-refractivity contribution is 0.152. The number of rotatable bonds is 6. The lowest BCUT2D eigenvalue weighted by Crippen LogP contribution is -2.25. The normalized spacial score (nSPS) is 9.08. The van der Waals surface area contributed by atoms with E-state index in [1.54, 1.807) is 6.92 Å². The molecule has 0 atom stereocenters. The number of allylic oxidation sites excluding steroid dienone is 1. The summed E-state index contributed by atoms with van der Waals surface area (Å²) in [6, 6.07) is 0. The van der Waals surface area contributed by atoms with E-state index in [-0.39, 0.29) is 6.09 Å². The van der Waals surface area contributed by atoms with Crippen LogP contribution in [0, 0.1) is 0 Å². The molecule has 0 saturated carbocycles. The van der Waals surface area contributed by atoms with Crippen LogP contribution in [0.25, 0.3) is 0 Å². The van der Waals surface area contributed by atoms with Crippen LogP contribution in [0.4, 0.5) is 4.79 Å². The van der Waals surface area contributed by atoms with Crippen LogP contribution >= 0.6 is 0 Å². The molecule has 3 nitrogen and oxygen atoms in total. The van der Waals surface area contributed by atoms with Gasteiger partial charge in [0.2, 0.25) is 0 Å². The van der Waals surface area contributed by atoms with E-state index in [0.29, 0.717) is 13.2 Å². The number of ether oxygens (including phenoxy) is 1. The smallest absolute Gasteiger partial charge is 0.407 e. The first kappa shape index (κ1) is 11.0. The summed E-state index contributed by atoms with van der Waals surface area (Å²) in [6.07, 6.45) is 4.60. The predicted octanol–water partition coefficient (Wildman–Crippen LogP) is 2.09. The SMILES string of the molecule is C=CCCCCNC(=O)OCC. The Morgan fingerprint density at radius 1 is 1.58 bits per heavy atom. The third-order valence-corrected chi connectivity index (χ3v) is 1.38. The zero-order valence-electron chi connectivity index (χ0n) is 7.64. The number of nitrogens with one attached hydrogen (secondary N) is 1. The molecule has 0 unspecified atom stereocenters. The van der Waals surface area contributed by atoms with Crippen molar-refractivity contribution in [1.29, 1.82) is 0 Å². The van der Waals surface area contributed by atoms with Crippen molar-refractivity contribution in [1.82, 2.24) is 5.32 Å². The molecular weight excluding hydrogens is 154 g/mol. The summed E-state index contributed by atoms with van der Waals surface area (Å²) in [5.74, 6) is 0. The third kappa shape index (κ3) is 7.12. The average molecular weight is 171 g/mol. The summed E-state index contributed by atoms with van der Waals surface area (Å²) >= 11 is 0. The molecule has 0 radical (unpaired) electrons. The van der Waals surface area contributed by atoms with Crippen molar-refractivity contribution in [2.24, 2.45) is 0 Å². The second kappa shape index (κ2) is 8.11. The van der Waals surface area contributed by atoms with Crippen LogP contribution in [0.3, 0.4) is 0 Å². The molecule has 1 amide bonds. The van der Waals surface area contributed by atoms with Crippen molar-refractivity contribution in [3.8, 4) is 0 Å². The van der Waals surface area contributed by atoms with Crippen LogP contribution in [0.5, 0.6) is 0 Å². The lowest BCUT2D eigenvalue weighted by atomic mass is 10.2. The van der Waals surface area contributed by atoms with Crippen LogP contribution < -0.4 is 5.32 Å². The minimum absolute atomic E-state index is 0.323. The van der Waals surface area contributed by atoms with Crippen molar-refractivity contribution in [3.05, 3.63) is 12.7 Å². The highest BCUT2D eigenvalue weighted by Gasteiger charge is 1.96. The molecule has 0 fully saturated rings. The van der Waals surface area contributed by atoms with Gasteiger partial charge in [0, 0.05) is 6.54 Å². The number of carbonyl (C=O) groups is 1. The number of carbonyl (C=O) groups excluding carboxylic acids is 1. The largest absolute Gasteiger partial charge is 0.450 e. The quantitative estimate of drug-likeness (QED) is 0.491. The van der Waals surface area contributed by atoms with Crippen molar-refractivity contribution in [2.75, 3.05) is 13.2 Å². The van der Waals surface area contributed by atoms with Gasteiger partial charge >= 0.3 is 6.09 Å². The maximum absolute atomic E-state index is 10.7. The molecule has 0 aromatic heterocycles. The van der Waals surface area contributed by atoms with Gasteiger partial charge < -0.3 is 10.1 Å². The molecule has 0 bridgehead atoms. The summed E-state index contributed by atoms with van der Waals surface area (Å²) in [5.41, 5.74) is 0. The highest BCUT2D eigenvalue weighted by molar-refractivity contribution is 5.66. The highest BCUT2D eigenvalue weighted by Crippen LogP contribution is 1.93. The van der Waals surface area contributed by atoms with Crippen LogP contribution in [0.15, 0.2) is 12.7 Å². The van der Waals surface area contributed by atoms with Crippen LogP contribution in [0.1, 0.15) is 26.2 Å². The van der Waals surface area contributed by atoms with E-state index in [1.807, 2.05) is 6.08 Å². The van der Waals surface area contributed by atoms with Gasteiger partial charge in [0.25, 0.3) is 0 Å². The van der Waals surface area contributed by atoms with E-state index in [4.69, 9.17) is 0 Å². The second-order valence-electron chi connectivity index (χ2n) is 2.43. The average Bonchev–Trinajstić information content (AvgIpc) is 2.05. The van der Waals surface area contributed by atoms with Gasteiger partial charge in [0.1, 0.15) is 0 Å². The Hall–Kier alpha value is -0.990. The molecular formula is C9H17NO2. The zero-order valence-corrected chi connectivity index (χ0v) is 7.64. The molecule has 0 saturated heterocycles. The van der Waals surface area contributed by atoms with Crippen LogP contribution in [-0.2, 0) is 4.74 Å². The fourth-order valence-electron chi connectivity index (χ4n) is 0.786. The standard InChI is InChI=1S/C9H17NO2/c1-3-5-6-7-8-10-9(11)12-4-2/h3H,1,4-8H2,2H3,(H,10,11). The number of unbranched alkanes of at least 4 members (excludes halogenated alkanes) is 2. The fraction of sp³-hybridized carbons (Fsp3) is 0.667. The van der Waals surface area contributed by atoms with E-state index in [1.165, 1.54) is 0 Å². The Balaban J connectivity index is 3.08. The Kier molecular flexibility index (Phi) is 7.44. The van der Waals surface area contributed by atoms with Gasteiger partial charge in [-0.3, -0.25) is 0 Å². The minimum Gasteiger partial charge on any atom is -0.450 e. The molecule has 3 heteroatoms. The number of hydrogen-bond acceptors (Lipinski definition) is 2. The molecule has 0 aromatic carbocycles. The van der Waals surface area contributed by atoms with Crippen LogP contribution in [0.2, 0.25) is 0 Å². The summed E-state index contributed by atoms with van der Waals surface area (Å²) in [4.78, 5) is 10.7. The van der Waals surface area contributed by atoms with E-state index in [2.05, 4.69) is 16.6 Å². The van der Waals surface area contributed by atoms with E-state index < -0.39 is 0 Å². The Labute approximate surface area is 73.8 Å². The molecule has 0 rings (SSSR count). The lowest BCUT2D eigenvalue weighted by Gasteiger charge is -2.03. The number of amides is 1. The second-order valence-corrected chi connectivity index (χ2v) is 2.43. The summed E-state index contributed by atoms with van der Waals surface area (Å²) in [6.45, 7) is 6.52. The maximum Gasteiger partial charge on any atom is 0.407 e. The monoisotopic (exact) mass is 171 g/mol. The van der Waals surface area contributed by atoms with Crippen molar-refractivity contribution < 1.29 is 9.53 Å². The topological polar surface area (TPSA) is 38.3 Å².